The highest BCUT2D eigenvalue weighted by Crippen LogP contribution is 2.19. The molecule has 0 unspecified atom stereocenters. The molecule has 0 amide bonds. The quantitative estimate of drug-likeness (QED) is 0.575. The normalized spacial score (nSPS) is 10.5. The Labute approximate surface area is 93.5 Å². The summed E-state index contributed by atoms with van der Waals surface area (Å²) in [4.78, 5) is 8.69. The Kier molecular flexibility index (Phi) is 2.57. The van der Waals surface area contributed by atoms with Crippen LogP contribution >= 0.6 is 0 Å². The number of nitrogens with one attached hydrogen (secondary N) is 1. The van der Waals surface area contributed by atoms with Gasteiger partial charge in [-0.3, -0.25) is 4.68 Å². The van der Waals surface area contributed by atoms with Gasteiger partial charge >= 0.3 is 0 Å². The van der Waals surface area contributed by atoms with Gasteiger partial charge in [-0.25, -0.2) is 15.8 Å². The van der Waals surface area contributed by atoms with Crippen LogP contribution in [0.25, 0.3) is 11.5 Å². The number of hydrogen-bond donors (Lipinski definition) is 2. The van der Waals surface area contributed by atoms with Gasteiger partial charge in [0, 0.05) is 24.5 Å². The van der Waals surface area contributed by atoms with Crippen molar-refractivity contribution in [1.82, 2.24) is 19.7 Å². The molecule has 0 radical (unpaired) electrons. The number of aryl methyl sites for hydroxylation is 2. The van der Waals surface area contributed by atoms with Crippen LogP contribution < -0.4 is 11.3 Å². The highest BCUT2D eigenvalue weighted by atomic mass is 15.3. The number of aromatic nitrogens is 4. The molecule has 6 nitrogen and oxygen atoms in total. The van der Waals surface area contributed by atoms with E-state index < -0.39 is 0 Å². The van der Waals surface area contributed by atoms with Crippen molar-refractivity contribution in [1.29, 1.82) is 0 Å². The van der Waals surface area contributed by atoms with E-state index in [0.717, 1.165) is 17.0 Å². The summed E-state index contributed by atoms with van der Waals surface area (Å²) in [6, 6.07) is 1.87. The maximum absolute atomic E-state index is 5.41. The molecule has 0 fully saturated rings. The molecule has 2 heterocycles. The second-order valence-corrected chi connectivity index (χ2v) is 3.63. The van der Waals surface area contributed by atoms with Crippen LogP contribution in [0.5, 0.6) is 0 Å². The van der Waals surface area contributed by atoms with Crippen LogP contribution in [-0.4, -0.2) is 19.7 Å². The van der Waals surface area contributed by atoms with E-state index in [9.17, 15) is 0 Å². The Hall–Kier alpha value is -1.95. The molecule has 6 heteroatoms. The zero-order valence-corrected chi connectivity index (χ0v) is 9.52. The molecule has 3 N–H and O–H groups in total. The monoisotopic (exact) mass is 218 g/mol. The summed E-state index contributed by atoms with van der Waals surface area (Å²) in [5.74, 6) is 6.62. The standard InChI is InChI=1S/C10H14N6/c1-6-7(2)12-10(13-9(6)14-11)8-4-5-16(3)15-8/h4-5H,11H2,1-3H3,(H,12,13,14). The Morgan fingerprint density at radius 3 is 2.62 bits per heavy atom. The van der Waals surface area contributed by atoms with Crippen LogP contribution in [0.1, 0.15) is 11.3 Å². The molecule has 0 aliphatic heterocycles. The average Bonchev–Trinajstić information content (AvgIpc) is 2.69. The Balaban J connectivity index is 2.54. The van der Waals surface area contributed by atoms with Crippen LogP contribution in [0.15, 0.2) is 12.3 Å². The summed E-state index contributed by atoms with van der Waals surface area (Å²) in [7, 11) is 1.85. The molecule has 84 valence electrons. The van der Waals surface area contributed by atoms with E-state index in [4.69, 9.17) is 5.84 Å². The van der Waals surface area contributed by atoms with Gasteiger partial charge in [-0.2, -0.15) is 5.10 Å². The molecule has 0 aromatic carbocycles. The molecular weight excluding hydrogens is 204 g/mol. The Morgan fingerprint density at radius 1 is 1.31 bits per heavy atom. The van der Waals surface area contributed by atoms with E-state index >= 15 is 0 Å². The molecule has 0 aliphatic carbocycles. The highest BCUT2D eigenvalue weighted by molar-refractivity contribution is 5.55. The van der Waals surface area contributed by atoms with Crippen LogP contribution in [0, 0.1) is 13.8 Å². The first kappa shape index (κ1) is 10.6. The summed E-state index contributed by atoms with van der Waals surface area (Å²) < 4.78 is 1.71. The maximum Gasteiger partial charge on any atom is 0.182 e. The largest absolute Gasteiger partial charge is 0.308 e. The second-order valence-electron chi connectivity index (χ2n) is 3.63. The average molecular weight is 218 g/mol. The van der Waals surface area contributed by atoms with Crippen molar-refractivity contribution >= 4 is 5.82 Å². The third-order valence-corrected chi connectivity index (χ3v) is 2.47. The summed E-state index contributed by atoms with van der Waals surface area (Å²) in [5.41, 5.74) is 5.14. The second kappa shape index (κ2) is 3.90. The van der Waals surface area contributed by atoms with E-state index in [1.807, 2.05) is 33.2 Å². The molecule has 2 rings (SSSR count). The maximum atomic E-state index is 5.41. The Morgan fingerprint density at radius 2 is 2.06 bits per heavy atom. The van der Waals surface area contributed by atoms with Crippen molar-refractivity contribution in [2.45, 2.75) is 13.8 Å². The third kappa shape index (κ3) is 1.74. The number of hydrazine groups is 1. The first-order valence-corrected chi connectivity index (χ1v) is 4.93. The fourth-order valence-electron chi connectivity index (χ4n) is 1.42. The van der Waals surface area contributed by atoms with E-state index in [-0.39, 0.29) is 0 Å². The van der Waals surface area contributed by atoms with Crippen molar-refractivity contribution in [3.8, 4) is 11.5 Å². The molecule has 0 aliphatic rings. The SMILES string of the molecule is Cc1nc(-c2ccn(C)n2)nc(NN)c1C. The zero-order chi connectivity index (χ0) is 11.7. The molecule has 0 saturated heterocycles. The molecule has 0 spiro atoms. The van der Waals surface area contributed by atoms with E-state index in [2.05, 4.69) is 20.5 Å². The zero-order valence-electron chi connectivity index (χ0n) is 9.52. The topological polar surface area (TPSA) is 81.7 Å². The van der Waals surface area contributed by atoms with Crippen molar-refractivity contribution < 1.29 is 0 Å². The minimum absolute atomic E-state index is 0.580. The van der Waals surface area contributed by atoms with Gasteiger partial charge in [-0.15, -0.1) is 0 Å². The summed E-state index contributed by atoms with van der Waals surface area (Å²) >= 11 is 0. The lowest BCUT2D eigenvalue weighted by molar-refractivity contribution is 0.768. The number of nitrogens with zero attached hydrogens (tertiary/aromatic N) is 4. The smallest absolute Gasteiger partial charge is 0.182 e. The van der Waals surface area contributed by atoms with Crippen LogP contribution in [0.4, 0.5) is 5.82 Å². The molecule has 0 atom stereocenters. The number of nitrogen functional groups attached to an aromatic ring is 1. The summed E-state index contributed by atoms with van der Waals surface area (Å²) in [5, 5.41) is 4.25. The van der Waals surface area contributed by atoms with Gasteiger partial charge in [0.2, 0.25) is 0 Å². The van der Waals surface area contributed by atoms with E-state index in [1.165, 1.54) is 0 Å². The van der Waals surface area contributed by atoms with Crippen molar-refractivity contribution in [2.75, 3.05) is 5.43 Å². The molecule has 0 bridgehead atoms. The lowest BCUT2D eigenvalue weighted by atomic mass is 10.2. The minimum Gasteiger partial charge on any atom is -0.308 e. The number of rotatable bonds is 2. The van der Waals surface area contributed by atoms with Gasteiger partial charge in [-0.1, -0.05) is 0 Å². The Bertz CT molecular complexity index is 516. The third-order valence-electron chi connectivity index (χ3n) is 2.47. The number of anilines is 1. The first-order chi connectivity index (χ1) is 7.61. The first-order valence-electron chi connectivity index (χ1n) is 4.93. The number of nitrogens with two attached hydrogens (primary N) is 1. The molecular formula is C10H14N6. The van der Waals surface area contributed by atoms with Gasteiger partial charge in [0.25, 0.3) is 0 Å². The summed E-state index contributed by atoms with van der Waals surface area (Å²) in [6.45, 7) is 3.84. The minimum atomic E-state index is 0.580. The van der Waals surface area contributed by atoms with Gasteiger partial charge in [0.15, 0.2) is 5.82 Å². The predicted molar refractivity (Wildman–Crippen MR) is 61.5 cm³/mol. The van der Waals surface area contributed by atoms with E-state index in [1.54, 1.807) is 4.68 Å². The molecule has 2 aromatic heterocycles. The van der Waals surface area contributed by atoms with Crippen molar-refractivity contribution in [3.63, 3.8) is 0 Å². The van der Waals surface area contributed by atoms with Gasteiger partial charge in [-0.05, 0) is 19.9 Å². The lowest BCUT2D eigenvalue weighted by Crippen LogP contribution is -2.12. The molecule has 16 heavy (non-hydrogen) atoms. The fourth-order valence-corrected chi connectivity index (χ4v) is 1.42. The molecule has 0 saturated carbocycles. The van der Waals surface area contributed by atoms with Crippen LogP contribution in [-0.2, 0) is 7.05 Å². The van der Waals surface area contributed by atoms with Gasteiger partial charge in [0.05, 0.1) is 0 Å². The van der Waals surface area contributed by atoms with Crippen molar-refractivity contribution in [2.24, 2.45) is 12.9 Å². The number of hydrogen-bond acceptors (Lipinski definition) is 5. The van der Waals surface area contributed by atoms with Crippen LogP contribution in [0.3, 0.4) is 0 Å². The molecule has 2 aromatic rings. The fraction of sp³-hybridized carbons (Fsp3) is 0.300. The van der Waals surface area contributed by atoms with Crippen LogP contribution in [0.2, 0.25) is 0 Å². The summed E-state index contributed by atoms with van der Waals surface area (Å²) in [6.07, 6.45) is 1.85. The lowest BCUT2D eigenvalue weighted by Gasteiger charge is -2.07. The predicted octanol–water partition coefficient (Wildman–Crippen LogP) is 0.780. The van der Waals surface area contributed by atoms with Gasteiger partial charge in [0.1, 0.15) is 11.5 Å². The highest BCUT2D eigenvalue weighted by Gasteiger charge is 2.10. The van der Waals surface area contributed by atoms with Crippen molar-refractivity contribution in [3.05, 3.63) is 23.5 Å². The van der Waals surface area contributed by atoms with Gasteiger partial charge < -0.3 is 5.43 Å². The van der Waals surface area contributed by atoms with E-state index in [0.29, 0.717) is 11.6 Å².